The van der Waals surface area contributed by atoms with Crippen LogP contribution in [-0.4, -0.2) is 9.38 Å². The summed E-state index contributed by atoms with van der Waals surface area (Å²) in [5.41, 5.74) is 10.8. The van der Waals surface area contributed by atoms with E-state index in [-0.39, 0.29) is 0 Å². The molecular weight excluding hydrogens is 210 g/mol. The molecule has 0 saturated carbocycles. The molecule has 0 aliphatic carbocycles. The molecule has 0 spiro atoms. The van der Waals surface area contributed by atoms with Crippen LogP contribution in [0.4, 0.5) is 5.82 Å². The van der Waals surface area contributed by atoms with E-state index in [2.05, 4.69) is 42.3 Å². The molecule has 17 heavy (non-hydrogen) atoms. The van der Waals surface area contributed by atoms with Gasteiger partial charge in [-0.2, -0.15) is 0 Å². The molecule has 0 aromatic carbocycles. The Morgan fingerprint density at radius 1 is 1.29 bits per heavy atom. The largest absolute Gasteiger partial charge is 0.382 e. The highest BCUT2D eigenvalue weighted by molar-refractivity contribution is 5.58. The number of anilines is 1. The van der Waals surface area contributed by atoms with Gasteiger partial charge in [-0.1, -0.05) is 26.3 Å². The molecule has 0 unspecified atom stereocenters. The lowest BCUT2D eigenvalue weighted by atomic mass is 10.1. The summed E-state index contributed by atoms with van der Waals surface area (Å²) in [6.45, 7) is 6.47. The van der Waals surface area contributed by atoms with Crippen molar-refractivity contribution in [3.05, 3.63) is 29.1 Å². The topological polar surface area (TPSA) is 43.3 Å². The van der Waals surface area contributed by atoms with Crippen molar-refractivity contribution in [2.24, 2.45) is 0 Å². The Morgan fingerprint density at radius 2 is 2.06 bits per heavy atom. The van der Waals surface area contributed by atoms with Crippen molar-refractivity contribution < 1.29 is 0 Å². The van der Waals surface area contributed by atoms with Crippen LogP contribution in [0, 0.1) is 6.92 Å². The molecule has 0 aliphatic heterocycles. The number of nitrogen functional groups attached to an aromatic ring is 1. The van der Waals surface area contributed by atoms with Gasteiger partial charge in [0.1, 0.15) is 11.5 Å². The zero-order chi connectivity index (χ0) is 12.4. The van der Waals surface area contributed by atoms with Gasteiger partial charge in [0, 0.05) is 5.69 Å². The number of nitrogens with two attached hydrogens (primary N) is 1. The van der Waals surface area contributed by atoms with Crippen molar-refractivity contribution in [3.8, 4) is 0 Å². The summed E-state index contributed by atoms with van der Waals surface area (Å²) in [4.78, 5) is 4.54. The third-order valence-electron chi connectivity index (χ3n) is 3.32. The van der Waals surface area contributed by atoms with Gasteiger partial charge in [-0.3, -0.25) is 4.40 Å². The van der Waals surface area contributed by atoms with Gasteiger partial charge in [-0.05, 0) is 37.8 Å². The molecule has 0 saturated heterocycles. The molecule has 0 atom stereocenters. The van der Waals surface area contributed by atoms with Gasteiger partial charge in [0.2, 0.25) is 0 Å². The number of aromatic nitrogens is 2. The molecule has 2 N–H and O–H groups in total. The normalized spacial score (nSPS) is 11.2. The van der Waals surface area contributed by atoms with E-state index in [1.165, 1.54) is 23.4 Å². The summed E-state index contributed by atoms with van der Waals surface area (Å²) in [6.07, 6.45) is 4.35. The number of hydrogen-bond acceptors (Lipinski definition) is 2. The van der Waals surface area contributed by atoms with Crippen molar-refractivity contribution in [2.45, 2.75) is 46.5 Å². The second kappa shape index (κ2) is 4.78. The predicted octanol–water partition coefficient (Wildman–Crippen LogP) is 3.13. The summed E-state index contributed by atoms with van der Waals surface area (Å²) in [6, 6.07) is 4.31. The molecule has 3 heteroatoms. The Hall–Kier alpha value is -1.51. The third kappa shape index (κ3) is 2.02. The zero-order valence-corrected chi connectivity index (χ0v) is 11.0. The Labute approximate surface area is 103 Å². The maximum Gasteiger partial charge on any atom is 0.145 e. The van der Waals surface area contributed by atoms with Gasteiger partial charge in [-0.15, -0.1) is 0 Å². The van der Waals surface area contributed by atoms with Crippen LogP contribution >= 0.6 is 0 Å². The number of imidazole rings is 1. The monoisotopic (exact) mass is 231 g/mol. The maximum absolute atomic E-state index is 6.05. The van der Waals surface area contributed by atoms with Crippen LogP contribution in [0.1, 0.15) is 43.6 Å². The number of unbranched alkanes of at least 4 members (excludes halogenated alkanes) is 1. The molecule has 3 nitrogen and oxygen atoms in total. The van der Waals surface area contributed by atoms with Crippen molar-refractivity contribution >= 4 is 11.5 Å². The molecule has 0 amide bonds. The maximum atomic E-state index is 6.05. The van der Waals surface area contributed by atoms with Crippen LogP contribution in [-0.2, 0) is 12.8 Å². The number of aryl methyl sites for hydroxylation is 3. The molecule has 2 heterocycles. The Kier molecular flexibility index (Phi) is 3.36. The van der Waals surface area contributed by atoms with E-state index in [9.17, 15) is 0 Å². The summed E-state index contributed by atoms with van der Waals surface area (Å²) in [7, 11) is 0. The van der Waals surface area contributed by atoms with Crippen molar-refractivity contribution in [2.75, 3.05) is 5.73 Å². The number of hydrogen-bond donors (Lipinski definition) is 1. The number of fused-ring (bicyclic) bond motifs is 1. The van der Waals surface area contributed by atoms with Crippen LogP contribution < -0.4 is 5.73 Å². The lowest BCUT2D eigenvalue weighted by molar-refractivity contribution is 0.767. The van der Waals surface area contributed by atoms with Crippen molar-refractivity contribution in [1.29, 1.82) is 0 Å². The number of rotatable bonds is 4. The molecule has 92 valence electrons. The Balaban J connectivity index is 2.63. The van der Waals surface area contributed by atoms with E-state index in [1.807, 2.05) is 0 Å². The average Bonchev–Trinajstić information content (AvgIpc) is 2.65. The van der Waals surface area contributed by atoms with Gasteiger partial charge in [0.25, 0.3) is 0 Å². The average molecular weight is 231 g/mol. The van der Waals surface area contributed by atoms with Crippen molar-refractivity contribution in [1.82, 2.24) is 9.38 Å². The van der Waals surface area contributed by atoms with Gasteiger partial charge < -0.3 is 5.73 Å². The Morgan fingerprint density at radius 3 is 2.71 bits per heavy atom. The molecule has 0 radical (unpaired) electrons. The molecule has 2 aromatic heterocycles. The minimum atomic E-state index is 0.697. The van der Waals surface area contributed by atoms with Crippen LogP contribution in [0.2, 0.25) is 0 Å². The highest BCUT2D eigenvalue weighted by atomic mass is 15.1. The molecule has 0 fully saturated rings. The molecule has 0 aliphatic rings. The van der Waals surface area contributed by atoms with Crippen LogP contribution in [0.3, 0.4) is 0 Å². The number of nitrogens with zero attached hydrogens (tertiary/aromatic N) is 2. The fourth-order valence-corrected chi connectivity index (χ4v) is 2.30. The molecule has 0 bridgehead atoms. The van der Waals surface area contributed by atoms with Gasteiger partial charge in [0.05, 0.1) is 5.69 Å². The second-order valence-corrected chi connectivity index (χ2v) is 4.56. The van der Waals surface area contributed by atoms with Gasteiger partial charge in [-0.25, -0.2) is 4.98 Å². The first-order valence-corrected chi connectivity index (χ1v) is 6.44. The molecule has 2 aromatic rings. The minimum absolute atomic E-state index is 0.697. The van der Waals surface area contributed by atoms with Crippen LogP contribution in [0.5, 0.6) is 0 Å². The zero-order valence-electron chi connectivity index (χ0n) is 11.0. The highest BCUT2D eigenvalue weighted by Gasteiger charge is 2.13. The van der Waals surface area contributed by atoms with E-state index in [0.29, 0.717) is 5.82 Å². The SMILES string of the molecule is CCCCc1c(N)nc2c(CC)ccc(C)n12. The Bertz CT molecular complexity index is 526. The minimum Gasteiger partial charge on any atom is -0.382 e. The first-order valence-electron chi connectivity index (χ1n) is 6.44. The highest BCUT2D eigenvalue weighted by Crippen LogP contribution is 2.22. The van der Waals surface area contributed by atoms with Crippen molar-refractivity contribution in [3.63, 3.8) is 0 Å². The van der Waals surface area contributed by atoms with E-state index in [0.717, 1.165) is 24.9 Å². The van der Waals surface area contributed by atoms with E-state index in [1.54, 1.807) is 0 Å². The van der Waals surface area contributed by atoms with E-state index in [4.69, 9.17) is 5.73 Å². The van der Waals surface area contributed by atoms with E-state index < -0.39 is 0 Å². The first kappa shape index (κ1) is 12.0. The third-order valence-corrected chi connectivity index (χ3v) is 3.32. The fraction of sp³-hybridized carbons (Fsp3) is 0.500. The van der Waals surface area contributed by atoms with Crippen LogP contribution in [0.25, 0.3) is 5.65 Å². The molecule has 2 rings (SSSR count). The summed E-state index contributed by atoms with van der Waals surface area (Å²) in [5, 5.41) is 0. The summed E-state index contributed by atoms with van der Waals surface area (Å²) in [5.74, 6) is 0.697. The quantitative estimate of drug-likeness (QED) is 0.878. The smallest absolute Gasteiger partial charge is 0.145 e. The number of pyridine rings is 1. The fourth-order valence-electron chi connectivity index (χ4n) is 2.30. The van der Waals surface area contributed by atoms with Gasteiger partial charge in [0.15, 0.2) is 0 Å². The summed E-state index contributed by atoms with van der Waals surface area (Å²) < 4.78 is 2.23. The predicted molar refractivity (Wildman–Crippen MR) is 72.3 cm³/mol. The van der Waals surface area contributed by atoms with E-state index >= 15 is 0 Å². The summed E-state index contributed by atoms with van der Waals surface area (Å²) >= 11 is 0. The first-order chi connectivity index (χ1) is 8.19. The lowest BCUT2D eigenvalue weighted by Gasteiger charge is -2.07. The standard InChI is InChI=1S/C14H21N3/c1-4-6-7-12-13(15)16-14-11(5-2)9-8-10(3)17(12)14/h8-9H,4-7,15H2,1-3H3. The lowest BCUT2D eigenvalue weighted by Crippen LogP contribution is -2.01. The second-order valence-electron chi connectivity index (χ2n) is 4.56. The molecular formula is C14H21N3. The van der Waals surface area contributed by atoms with Gasteiger partial charge >= 0.3 is 0 Å². The van der Waals surface area contributed by atoms with Crippen LogP contribution in [0.15, 0.2) is 12.1 Å².